The summed E-state index contributed by atoms with van der Waals surface area (Å²) in [5, 5.41) is 10.4. The minimum Gasteiger partial charge on any atom is -0.399 e. The van der Waals surface area contributed by atoms with Crippen LogP contribution in [0.25, 0.3) is 0 Å². The summed E-state index contributed by atoms with van der Waals surface area (Å²) >= 11 is 0. The number of nitrogen functional groups attached to an aromatic ring is 1. The van der Waals surface area contributed by atoms with E-state index in [-0.39, 0.29) is 6.10 Å². The van der Waals surface area contributed by atoms with E-state index in [1.807, 2.05) is 24.3 Å². The molecule has 1 aromatic carbocycles. The van der Waals surface area contributed by atoms with Gasteiger partial charge in [-0.15, -0.1) is 0 Å². The molecule has 2 aliphatic rings. The summed E-state index contributed by atoms with van der Waals surface area (Å²) in [6.45, 7) is 1.92. The number of anilines is 1. The number of β-amino-alcohol motifs (C(OH)–C–C–N with tert-alkyl or cyclic N) is 1. The summed E-state index contributed by atoms with van der Waals surface area (Å²) < 4.78 is 0. The molecule has 1 aliphatic heterocycles. The van der Waals surface area contributed by atoms with Crippen LogP contribution in [0.2, 0.25) is 0 Å². The van der Waals surface area contributed by atoms with E-state index in [2.05, 4.69) is 4.90 Å². The van der Waals surface area contributed by atoms with Crippen molar-refractivity contribution < 1.29 is 5.11 Å². The van der Waals surface area contributed by atoms with Gasteiger partial charge in [0.2, 0.25) is 0 Å². The second kappa shape index (κ2) is 5.51. The van der Waals surface area contributed by atoms with Crippen molar-refractivity contribution in [2.75, 3.05) is 18.8 Å². The first-order valence-electron chi connectivity index (χ1n) is 7.51. The topological polar surface area (TPSA) is 49.5 Å². The number of aliphatic hydroxyl groups is 1. The Kier molecular flexibility index (Phi) is 3.76. The number of aliphatic hydroxyl groups excluding tert-OH is 1. The molecule has 0 aromatic heterocycles. The van der Waals surface area contributed by atoms with E-state index in [0.29, 0.717) is 0 Å². The van der Waals surface area contributed by atoms with Gasteiger partial charge in [-0.3, -0.25) is 4.90 Å². The molecule has 1 saturated heterocycles. The average molecular weight is 260 g/mol. The molecule has 19 heavy (non-hydrogen) atoms. The van der Waals surface area contributed by atoms with Crippen molar-refractivity contribution in [1.82, 2.24) is 4.90 Å². The molecule has 3 N–H and O–H groups in total. The molecule has 0 amide bonds. The van der Waals surface area contributed by atoms with E-state index in [9.17, 15) is 5.11 Å². The van der Waals surface area contributed by atoms with Crippen LogP contribution in [0.1, 0.15) is 43.8 Å². The molecule has 3 nitrogen and oxygen atoms in total. The minimum absolute atomic E-state index is 0.388. The number of rotatable bonds is 3. The first-order chi connectivity index (χ1) is 9.24. The molecule has 3 unspecified atom stereocenters. The highest BCUT2D eigenvalue weighted by Gasteiger charge is 2.36. The number of hydrogen-bond donors (Lipinski definition) is 2. The minimum atomic E-state index is -0.388. The quantitative estimate of drug-likeness (QED) is 0.821. The zero-order valence-electron chi connectivity index (χ0n) is 11.5. The van der Waals surface area contributed by atoms with Crippen LogP contribution in [0.4, 0.5) is 5.69 Å². The molecule has 1 heterocycles. The molecule has 104 valence electrons. The Labute approximate surface area is 115 Å². The molecule has 0 spiro atoms. The van der Waals surface area contributed by atoms with Crippen molar-refractivity contribution in [2.45, 2.75) is 44.2 Å². The molecular formula is C16H24N2O. The Morgan fingerprint density at radius 3 is 2.68 bits per heavy atom. The third-order valence-electron chi connectivity index (χ3n) is 4.85. The van der Waals surface area contributed by atoms with Gasteiger partial charge >= 0.3 is 0 Å². The van der Waals surface area contributed by atoms with E-state index >= 15 is 0 Å². The highest BCUT2D eigenvalue weighted by Crippen LogP contribution is 2.36. The maximum Gasteiger partial charge on any atom is 0.0917 e. The van der Waals surface area contributed by atoms with Crippen molar-refractivity contribution >= 4 is 5.69 Å². The summed E-state index contributed by atoms with van der Waals surface area (Å²) in [6.07, 6.45) is 6.39. The van der Waals surface area contributed by atoms with Crippen LogP contribution in [0.3, 0.4) is 0 Å². The van der Waals surface area contributed by atoms with Crippen LogP contribution in [-0.4, -0.2) is 29.1 Å². The van der Waals surface area contributed by atoms with Crippen LogP contribution in [-0.2, 0) is 0 Å². The Hall–Kier alpha value is -1.06. The number of nitrogens with zero attached hydrogens (tertiary/aromatic N) is 1. The van der Waals surface area contributed by atoms with Crippen molar-refractivity contribution in [2.24, 2.45) is 5.92 Å². The second-order valence-electron chi connectivity index (χ2n) is 6.08. The zero-order chi connectivity index (χ0) is 13.2. The fraction of sp³-hybridized carbons (Fsp3) is 0.625. The molecular weight excluding hydrogens is 236 g/mol. The third-order valence-corrected chi connectivity index (χ3v) is 4.85. The first kappa shape index (κ1) is 12.9. The zero-order valence-corrected chi connectivity index (χ0v) is 11.5. The fourth-order valence-corrected chi connectivity index (χ4v) is 3.78. The highest BCUT2D eigenvalue weighted by molar-refractivity contribution is 5.39. The summed E-state index contributed by atoms with van der Waals surface area (Å²) in [4.78, 5) is 2.50. The normalized spacial score (nSPS) is 29.1. The number of nitrogens with two attached hydrogens (primary N) is 1. The molecule has 2 fully saturated rings. The summed E-state index contributed by atoms with van der Waals surface area (Å²) in [5.74, 6) is 0.882. The van der Waals surface area contributed by atoms with Gasteiger partial charge in [-0.05, 0) is 49.4 Å². The van der Waals surface area contributed by atoms with Crippen molar-refractivity contribution in [1.29, 1.82) is 0 Å². The molecule has 3 heteroatoms. The maximum atomic E-state index is 10.4. The number of fused-ring (bicyclic) bond motifs is 1. The van der Waals surface area contributed by atoms with E-state index < -0.39 is 0 Å². The van der Waals surface area contributed by atoms with Crippen molar-refractivity contribution in [3.05, 3.63) is 29.8 Å². The van der Waals surface area contributed by atoms with Gasteiger partial charge in [-0.2, -0.15) is 0 Å². The van der Waals surface area contributed by atoms with Crippen molar-refractivity contribution in [3.8, 4) is 0 Å². The molecule has 1 aliphatic carbocycles. The highest BCUT2D eigenvalue weighted by atomic mass is 16.3. The van der Waals surface area contributed by atoms with Crippen molar-refractivity contribution in [3.63, 3.8) is 0 Å². The maximum absolute atomic E-state index is 10.4. The Bertz CT molecular complexity index is 417. The Morgan fingerprint density at radius 1 is 1.16 bits per heavy atom. The summed E-state index contributed by atoms with van der Waals surface area (Å²) in [5.41, 5.74) is 7.42. The number of benzene rings is 1. The van der Waals surface area contributed by atoms with Gasteiger partial charge in [0.15, 0.2) is 0 Å². The van der Waals surface area contributed by atoms with Crippen LogP contribution in [0.5, 0.6) is 0 Å². The van der Waals surface area contributed by atoms with Crippen LogP contribution < -0.4 is 5.73 Å². The molecule has 0 bridgehead atoms. The number of hydrogen-bond acceptors (Lipinski definition) is 3. The molecule has 0 radical (unpaired) electrons. The molecule has 1 aromatic rings. The van der Waals surface area contributed by atoms with Gasteiger partial charge in [-0.25, -0.2) is 0 Å². The second-order valence-corrected chi connectivity index (χ2v) is 6.08. The smallest absolute Gasteiger partial charge is 0.0917 e. The van der Waals surface area contributed by atoms with Gasteiger partial charge in [0, 0.05) is 18.3 Å². The van der Waals surface area contributed by atoms with Crippen LogP contribution in [0.15, 0.2) is 24.3 Å². The van der Waals surface area contributed by atoms with E-state index in [1.165, 1.54) is 32.1 Å². The molecule has 3 atom stereocenters. The monoisotopic (exact) mass is 260 g/mol. The molecule has 3 rings (SSSR count). The third kappa shape index (κ3) is 2.77. The lowest BCUT2D eigenvalue weighted by atomic mass is 9.85. The lowest BCUT2D eigenvalue weighted by Crippen LogP contribution is -2.37. The Morgan fingerprint density at radius 2 is 1.89 bits per heavy atom. The van der Waals surface area contributed by atoms with Crippen LogP contribution >= 0.6 is 0 Å². The Balaban J connectivity index is 1.63. The number of likely N-dealkylation sites (tertiary alicyclic amines) is 1. The average Bonchev–Trinajstić information content (AvgIpc) is 2.83. The standard InChI is InChI=1S/C16H24N2O/c17-14-7-5-13(6-8-14)16(19)11-18-10-9-12-3-1-2-4-15(12)18/h5-8,12,15-16,19H,1-4,9-11,17H2. The lowest BCUT2D eigenvalue weighted by molar-refractivity contribution is 0.0893. The van der Waals surface area contributed by atoms with Gasteiger partial charge in [0.1, 0.15) is 0 Å². The SMILES string of the molecule is Nc1ccc(C(O)CN2CCC3CCCCC32)cc1. The predicted octanol–water partition coefficient (Wildman–Crippen LogP) is 2.57. The van der Waals surface area contributed by atoms with Gasteiger partial charge in [0.05, 0.1) is 6.10 Å². The predicted molar refractivity (Wildman–Crippen MR) is 77.8 cm³/mol. The van der Waals surface area contributed by atoms with Gasteiger partial charge in [-0.1, -0.05) is 25.0 Å². The van der Waals surface area contributed by atoms with Gasteiger partial charge in [0.25, 0.3) is 0 Å². The lowest BCUT2D eigenvalue weighted by Gasteiger charge is -2.32. The van der Waals surface area contributed by atoms with Crippen LogP contribution in [0, 0.1) is 5.92 Å². The summed E-state index contributed by atoms with van der Waals surface area (Å²) in [6, 6.07) is 8.33. The van der Waals surface area contributed by atoms with E-state index in [0.717, 1.165) is 36.3 Å². The fourth-order valence-electron chi connectivity index (χ4n) is 3.78. The molecule has 1 saturated carbocycles. The summed E-state index contributed by atoms with van der Waals surface area (Å²) in [7, 11) is 0. The first-order valence-corrected chi connectivity index (χ1v) is 7.51. The van der Waals surface area contributed by atoms with E-state index in [4.69, 9.17) is 5.73 Å². The van der Waals surface area contributed by atoms with E-state index in [1.54, 1.807) is 0 Å². The largest absolute Gasteiger partial charge is 0.399 e. The van der Waals surface area contributed by atoms with Gasteiger partial charge < -0.3 is 10.8 Å².